The lowest BCUT2D eigenvalue weighted by atomic mass is 10.2. The van der Waals surface area contributed by atoms with Crippen LogP contribution < -0.4 is 4.90 Å². The maximum Gasteiger partial charge on any atom is 0.0957 e. The summed E-state index contributed by atoms with van der Waals surface area (Å²) in [4.78, 5) is 6.35. The minimum absolute atomic E-state index is 0.138. The standard InChI is InChI=1S/C13H22N2O2/c1-3-7-15(8-9-16)11-5-6-12(14-10-11)13(17)4-2/h5-6,10,13,16-17H,3-4,7-9H2,1-2H3/t13-/m0/s1. The van der Waals surface area contributed by atoms with E-state index in [1.165, 1.54) is 0 Å². The second kappa shape index (κ2) is 7.25. The number of aliphatic hydroxyl groups is 2. The molecule has 1 aromatic heterocycles. The van der Waals surface area contributed by atoms with Crippen molar-refractivity contribution in [3.8, 4) is 0 Å². The van der Waals surface area contributed by atoms with Gasteiger partial charge in [-0.05, 0) is 25.0 Å². The van der Waals surface area contributed by atoms with E-state index in [9.17, 15) is 5.11 Å². The van der Waals surface area contributed by atoms with Crippen LogP contribution in [0.1, 0.15) is 38.5 Å². The maximum atomic E-state index is 9.65. The SMILES string of the molecule is CCCN(CCO)c1ccc([C@@H](O)CC)nc1. The summed E-state index contributed by atoms with van der Waals surface area (Å²) < 4.78 is 0. The predicted molar refractivity (Wildman–Crippen MR) is 69.1 cm³/mol. The van der Waals surface area contributed by atoms with Crippen molar-refractivity contribution >= 4 is 5.69 Å². The van der Waals surface area contributed by atoms with E-state index >= 15 is 0 Å². The Morgan fingerprint density at radius 2 is 2.06 bits per heavy atom. The largest absolute Gasteiger partial charge is 0.395 e. The van der Waals surface area contributed by atoms with Crippen LogP contribution in [0.2, 0.25) is 0 Å². The van der Waals surface area contributed by atoms with Crippen LogP contribution in [0.15, 0.2) is 18.3 Å². The van der Waals surface area contributed by atoms with Gasteiger partial charge in [-0.1, -0.05) is 13.8 Å². The topological polar surface area (TPSA) is 56.6 Å². The molecule has 0 saturated heterocycles. The molecule has 96 valence electrons. The zero-order valence-corrected chi connectivity index (χ0v) is 10.6. The fourth-order valence-corrected chi connectivity index (χ4v) is 1.75. The molecule has 0 bridgehead atoms. The Bertz CT molecular complexity index is 308. The van der Waals surface area contributed by atoms with Gasteiger partial charge in [-0.15, -0.1) is 0 Å². The number of hydrogen-bond donors (Lipinski definition) is 2. The van der Waals surface area contributed by atoms with Crippen molar-refractivity contribution in [2.24, 2.45) is 0 Å². The van der Waals surface area contributed by atoms with Gasteiger partial charge in [-0.2, -0.15) is 0 Å². The highest BCUT2D eigenvalue weighted by atomic mass is 16.3. The van der Waals surface area contributed by atoms with E-state index in [0.29, 0.717) is 18.7 Å². The Kier molecular flexibility index (Phi) is 5.94. The molecule has 1 aromatic rings. The number of aromatic nitrogens is 1. The molecular weight excluding hydrogens is 216 g/mol. The first kappa shape index (κ1) is 13.9. The second-order valence-corrected chi connectivity index (χ2v) is 4.08. The molecular formula is C13H22N2O2. The molecule has 2 N–H and O–H groups in total. The molecule has 0 fully saturated rings. The van der Waals surface area contributed by atoms with Crippen LogP contribution in [0.4, 0.5) is 5.69 Å². The van der Waals surface area contributed by atoms with E-state index in [-0.39, 0.29) is 6.61 Å². The highest BCUT2D eigenvalue weighted by Gasteiger charge is 2.08. The average molecular weight is 238 g/mol. The Hall–Kier alpha value is -1.13. The van der Waals surface area contributed by atoms with Gasteiger partial charge in [0, 0.05) is 13.1 Å². The van der Waals surface area contributed by atoms with Gasteiger partial charge in [0.1, 0.15) is 0 Å². The Balaban J connectivity index is 2.76. The average Bonchev–Trinajstić information content (AvgIpc) is 2.38. The van der Waals surface area contributed by atoms with Crippen LogP contribution >= 0.6 is 0 Å². The molecule has 17 heavy (non-hydrogen) atoms. The molecule has 1 heterocycles. The molecule has 0 unspecified atom stereocenters. The molecule has 0 aromatic carbocycles. The summed E-state index contributed by atoms with van der Waals surface area (Å²) in [7, 11) is 0. The van der Waals surface area contributed by atoms with Crippen LogP contribution in [0.5, 0.6) is 0 Å². The second-order valence-electron chi connectivity index (χ2n) is 4.08. The molecule has 0 radical (unpaired) electrons. The van der Waals surface area contributed by atoms with Gasteiger partial charge in [0.2, 0.25) is 0 Å². The number of anilines is 1. The van der Waals surface area contributed by atoms with Gasteiger partial charge in [0.15, 0.2) is 0 Å². The number of hydrogen-bond acceptors (Lipinski definition) is 4. The predicted octanol–water partition coefficient (Wildman–Crippen LogP) is 1.73. The molecule has 4 nitrogen and oxygen atoms in total. The highest BCUT2D eigenvalue weighted by Crippen LogP contribution is 2.18. The molecule has 0 saturated carbocycles. The summed E-state index contributed by atoms with van der Waals surface area (Å²) in [5, 5.41) is 18.7. The van der Waals surface area contributed by atoms with Crippen LogP contribution in [0.25, 0.3) is 0 Å². The monoisotopic (exact) mass is 238 g/mol. The van der Waals surface area contributed by atoms with Gasteiger partial charge in [0.05, 0.1) is 30.3 Å². The van der Waals surface area contributed by atoms with E-state index < -0.39 is 6.10 Å². The normalized spacial score (nSPS) is 12.5. The first-order valence-electron chi connectivity index (χ1n) is 6.22. The molecule has 0 spiro atoms. The van der Waals surface area contributed by atoms with Crippen LogP contribution in [0, 0.1) is 0 Å². The molecule has 0 amide bonds. The van der Waals surface area contributed by atoms with Gasteiger partial charge in [-0.25, -0.2) is 0 Å². The van der Waals surface area contributed by atoms with E-state index in [1.54, 1.807) is 6.20 Å². The minimum atomic E-state index is -0.485. The van der Waals surface area contributed by atoms with Gasteiger partial charge < -0.3 is 15.1 Å². The summed E-state index contributed by atoms with van der Waals surface area (Å²) in [6.07, 6.45) is 2.97. The molecule has 4 heteroatoms. The zero-order valence-electron chi connectivity index (χ0n) is 10.6. The lowest BCUT2D eigenvalue weighted by molar-refractivity contribution is 0.169. The Morgan fingerprint density at radius 1 is 1.29 bits per heavy atom. The molecule has 1 rings (SSSR count). The van der Waals surface area contributed by atoms with Crippen molar-refractivity contribution in [3.63, 3.8) is 0 Å². The Morgan fingerprint density at radius 3 is 2.53 bits per heavy atom. The summed E-state index contributed by atoms with van der Waals surface area (Å²) in [6, 6.07) is 3.80. The number of nitrogens with zero attached hydrogens (tertiary/aromatic N) is 2. The fraction of sp³-hybridized carbons (Fsp3) is 0.615. The third-order valence-electron chi connectivity index (χ3n) is 2.73. The molecule has 1 atom stereocenters. The quantitative estimate of drug-likeness (QED) is 0.759. The van der Waals surface area contributed by atoms with Crippen molar-refractivity contribution < 1.29 is 10.2 Å². The van der Waals surface area contributed by atoms with Gasteiger partial charge >= 0.3 is 0 Å². The van der Waals surface area contributed by atoms with Crippen molar-refractivity contribution in [1.29, 1.82) is 0 Å². The molecule has 0 aliphatic carbocycles. The number of pyridine rings is 1. The van der Waals surface area contributed by atoms with E-state index in [1.807, 2.05) is 19.1 Å². The maximum absolute atomic E-state index is 9.65. The first-order chi connectivity index (χ1) is 8.22. The van der Waals surface area contributed by atoms with Crippen molar-refractivity contribution in [2.75, 3.05) is 24.6 Å². The highest BCUT2D eigenvalue weighted by molar-refractivity contribution is 5.44. The molecule has 0 aliphatic heterocycles. The van der Waals surface area contributed by atoms with E-state index in [4.69, 9.17) is 5.11 Å². The summed E-state index contributed by atoms with van der Waals surface area (Å²) in [5.74, 6) is 0. The summed E-state index contributed by atoms with van der Waals surface area (Å²) in [6.45, 7) is 5.69. The van der Waals surface area contributed by atoms with Crippen LogP contribution in [-0.2, 0) is 0 Å². The van der Waals surface area contributed by atoms with E-state index in [2.05, 4.69) is 16.8 Å². The van der Waals surface area contributed by atoms with E-state index in [0.717, 1.165) is 18.7 Å². The van der Waals surface area contributed by atoms with Crippen molar-refractivity contribution in [2.45, 2.75) is 32.8 Å². The number of rotatable bonds is 7. The van der Waals surface area contributed by atoms with Gasteiger partial charge in [-0.3, -0.25) is 4.98 Å². The lowest BCUT2D eigenvalue weighted by Gasteiger charge is -2.23. The molecule has 0 aliphatic rings. The summed E-state index contributed by atoms with van der Waals surface area (Å²) >= 11 is 0. The summed E-state index contributed by atoms with van der Waals surface area (Å²) in [5.41, 5.74) is 1.70. The van der Waals surface area contributed by atoms with Gasteiger partial charge in [0.25, 0.3) is 0 Å². The third-order valence-corrected chi connectivity index (χ3v) is 2.73. The Labute approximate surface area is 103 Å². The minimum Gasteiger partial charge on any atom is -0.395 e. The zero-order chi connectivity index (χ0) is 12.7. The lowest BCUT2D eigenvalue weighted by Crippen LogP contribution is -2.27. The third kappa shape index (κ3) is 3.98. The number of aliphatic hydroxyl groups excluding tert-OH is 2. The smallest absolute Gasteiger partial charge is 0.0957 e. The fourth-order valence-electron chi connectivity index (χ4n) is 1.75. The van der Waals surface area contributed by atoms with Crippen LogP contribution in [-0.4, -0.2) is 34.9 Å². The van der Waals surface area contributed by atoms with Crippen molar-refractivity contribution in [3.05, 3.63) is 24.0 Å². The first-order valence-corrected chi connectivity index (χ1v) is 6.22. The van der Waals surface area contributed by atoms with Crippen LogP contribution in [0.3, 0.4) is 0 Å². The van der Waals surface area contributed by atoms with Crippen molar-refractivity contribution in [1.82, 2.24) is 4.98 Å².